The van der Waals surface area contributed by atoms with E-state index in [1.165, 1.54) is 31.7 Å². The van der Waals surface area contributed by atoms with Crippen LogP contribution in [0, 0.1) is 5.92 Å². The highest BCUT2D eigenvalue weighted by molar-refractivity contribution is 14.0. The van der Waals surface area contributed by atoms with Gasteiger partial charge in [0.05, 0.1) is 0 Å². The lowest BCUT2D eigenvalue weighted by atomic mass is 10.1. The third-order valence-corrected chi connectivity index (χ3v) is 4.88. The predicted molar refractivity (Wildman–Crippen MR) is 123 cm³/mol. The maximum atomic E-state index is 5.92. The molecule has 0 aliphatic carbocycles. The fraction of sp³-hybridized carbons (Fsp3) is 0.632. The van der Waals surface area contributed by atoms with E-state index in [9.17, 15) is 0 Å². The second kappa shape index (κ2) is 12.8. The van der Waals surface area contributed by atoms with Gasteiger partial charge in [-0.15, -0.1) is 24.0 Å². The summed E-state index contributed by atoms with van der Waals surface area (Å²) in [5.41, 5.74) is 1.27. The predicted octanol–water partition coefficient (Wildman–Crippen LogP) is 2.55. The number of halogens is 2. The van der Waals surface area contributed by atoms with Crippen molar-refractivity contribution in [2.24, 2.45) is 10.9 Å². The van der Waals surface area contributed by atoms with Crippen molar-refractivity contribution in [3.05, 3.63) is 34.9 Å². The largest absolute Gasteiger partial charge is 0.356 e. The average Bonchev–Trinajstić information content (AvgIpc) is 2.61. The first-order valence-corrected chi connectivity index (χ1v) is 9.54. The highest BCUT2D eigenvalue weighted by Gasteiger charge is 2.16. The molecule has 1 aliphatic rings. The molecular formula is C19H33ClIN5. The Kier molecular flexibility index (Phi) is 11.5. The normalized spacial score (nSPS) is 17.5. The number of benzene rings is 1. The summed E-state index contributed by atoms with van der Waals surface area (Å²) in [5, 5.41) is 7.61. The summed E-state index contributed by atoms with van der Waals surface area (Å²) in [6.07, 6.45) is 0.953. The number of piperazine rings is 1. The molecule has 0 amide bonds. The van der Waals surface area contributed by atoms with Crippen LogP contribution in [-0.2, 0) is 6.42 Å². The molecular weight excluding hydrogens is 461 g/mol. The summed E-state index contributed by atoms with van der Waals surface area (Å²) in [6, 6.07) is 8.00. The molecule has 0 spiro atoms. The fourth-order valence-corrected chi connectivity index (χ4v) is 3.13. The van der Waals surface area contributed by atoms with Gasteiger partial charge in [0.1, 0.15) is 0 Å². The van der Waals surface area contributed by atoms with Gasteiger partial charge in [0.25, 0.3) is 0 Å². The third-order valence-electron chi connectivity index (χ3n) is 4.63. The molecule has 1 aromatic carbocycles. The van der Waals surface area contributed by atoms with Gasteiger partial charge in [-0.1, -0.05) is 30.7 Å². The quantitative estimate of drug-likeness (QED) is 0.348. The van der Waals surface area contributed by atoms with Crippen LogP contribution < -0.4 is 10.6 Å². The van der Waals surface area contributed by atoms with Crippen molar-refractivity contribution in [2.75, 3.05) is 59.9 Å². The Balaban J connectivity index is 0.00000338. The van der Waals surface area contributed by atoms with Crippen LogP contribution in [-0.4, -0.2) is 75.7 Å². The number of nitrogens with one attached hydrogen (secondary N) is 2. The van der Waals surface area contributed by atoms with Crippen molar-refractivity contribution in [3.63, 3.8) is 0 Å². The van der Waals surface area contributed by atoms with Gasteiger partial charge in [0.2, 0.25) is 0 Å². The van der Waals surface area contributed by atoms with E-state index in [0.29, 0.717) is 5.92 Å². The highest BCUT2D eigenvalue weighted by atomic mass is 127. The summed E-state index contributed by atoms with van der Waals surface area (Å²) < 4.78 is 0. The first-order valence-electron chi connectivity index (χ1n) is 9.16. The zero-order chi connectivity index (χ0) is 18.1. The van der Waals surface area contributed by atoms with E-state index in [1.54, 1.807) is 0 Å². The second-order valence-corrected chi connectivity index (χ2v) is 7.40. The van der Waals surface area contributed by atoms with E-state index in [4.69, 9.17) is 11.6 Å². The SMILES string of the molecule is CN=C(NCCc1ccc(Cl)cc1)NCC(C)CN1CCN(C)CC1.I. The first-order chi connectivity index (χ1) is 12.1. The monoisotopic (exact) mass is 493 g/mol. The van der Waals surface area contributed by atoms with E-state index in [-0.39, 0.29) is 24.0 Å². The van der Waals surface area contributed by atoms with Crippen molar-refractivity contribution >= 4 is 41.5 Å². The molecule has 2 N–H and O–H groups in total. The van der Waals surface area contributed by atoms with Gasteiger partial charge in [-0.05, 0) is 37.1 Å². The molecule has 1 atom stereocenters. The molecule has 0 saturated carbocycles. The molecule has 7 heteroatoms. The summed E-state index contributed by atoms with van der Waals surface area (Å²) in [7, 11) is 4.02. The zero-order valence-corrected chi connectivity index (χ0v) is 19.3. The number of rotatable bonds is 7. The number of guanidine groups is 1. The molecule has 1 saturated heterocycles. The Labute approximate surface area is 180 Å². The zero-order valence-electron chi connectivity index (χ0n) is 16.2. The summed E-state index contributed by atoms with van der Waals surface area (Å²) in [5.74, 6) is 1.47. The van der Waals surface area contributed by atoms with Crippen LogP contribution >= 0.6 is 35.6 Å². The minimum absolute atomic E-state index is 0. The van der Waals surface area contributed by atoms with Crippen LogP contribution in [0.5, 0.6) is 0 Å². The van der Waals surface area contributed by atoms with Crippen LogP contribution in [0.4, 0.5) is 0 Å². The van der Waals surface area contributed by atoms with Crippen LogP contribution in [0.2, 0.25) is 5.02 Å². The first kappa shape index (κ1) is 23.5. The Morgan fingerprint density at radius 1 is 1.15 bits per heavy atom. The summed E-state index contributed by atoms with van der Waals surface area (Å²) >= 11 is 5.92. The fourth-order valence-electron chi connectivity index (χ4n) is 3.00. The Morgan fingerprint density at radius 3 is 2.42 bits per heavy atom. The van der Waals surface area contributed by atoms with Gasteiger partial charge in [0, 0.05) is 57.9 Å². The van der Waals surface area contributed by atoms with Crippen molar-refractivity contribution in [2.45, 2.75) is 13.3 Å². The van der Waals surface area contributed by atoms with E-state index in [1.807, 2.05) is 19.2 Å². The molecule has 1 fully saturated rings. The average molecular weight is 494 g/mol. The number of hydrogen-bond acceptors (Lipinski definition) is 3. The Bertz CT molecular complexity index is 529. The van der Waals surface area contributed by atoms with Crippen LogP contribution in [0.1, 0.15) is 12.5 Å². The maximum absolute atomic E-state index is 5.92. The third kappa shape index (κ3) is 8.88. The van der Waals surface area contributed by atoms with E-state index < -0.39 is 0 Å². The van der Waals surface area contributed by atoms with Crippen LogP contribution in [0.3, 0.4) is 0 Å². The van der Waals surface area contributed by atoms with Crippen molar-refractivity contribution in [1.29, 1.82) is 0 Å². The van der Waals surface area contributed by atoms with Crippen LogP contribution in [0.15, 0.2) is 29.3 Å². The maximum Gasteiger partial charge on any atom is 0.190 e. The molecule has 0 aromatic heterocycles. The molecule has 2 rings (SSSR count). The van der Waals surface area contributed by atoms with Crippen molar-refractivity contribution in [1.82, 2.24) is 20.4 Å². The minimum Gasteiger partial charge on any atom is -0.356 e. The molecule has 148 valence electrons. The highest BCUT2D eigenvalue weighted by Crippen LogP contribution is 2.09. The molecule has 0 radical (unpaired) electrons. The number of aliphatic imine (C=N–C) groups is 1. The number of hydrogen-bond donors (Lipinski definition) is 2. The van der Waals surface area contributed by atoms with Gasteiger partial charge in [-0.25, -0.2) is 0 Å². The lowest BCUT2D eigenvalue weighted by molar-refractivity contribution is 0.139. The van der Waals surface area contributed by atoms with E-state index in [0.717, 1.165) is 37.0 Å². The molecule has 5 nitrogen and oxygen atoms in total. The summed E-state index contributed by atoms with van der Waals surface area (Å²) in [4.78, 5) is 9.27. The second-order valence-electron chi connectivity index (χ2n) is 6.97. The van der Waals surface area contributed by atoms with Gasteiger partial charge in [-0.3, -0.25) is 4.99 Å². The van der Waals surface area contributed by atoms with Gasteiger partial charge in [0.15, 0.2) is 5.96 Å². The lowest BCUT2D eigenvalue weighted by Gasteiger charge is -2.34. The van der Waals surface area contributed by atoms with Gasteiger partial charge >= 0.3 is 0 Å². The molecule has 0 bridgehead atoms. The number of likely N-dealkylation sites (N-methyl/N-ethyl adjacent to an activating group) is 1. The lowest BCUT2D eigenvalue weighted by Crippen LogP contribution is -2.47. The smallest absolute Gasteiger partial charge is 0.190 e. The molecule has 1 aromatic rings. The molecule has 1 heterocycles. The number of nitrogens with zero attached hydrogens (tertiary/aromatic N) is 3. The standard InChI is InChI=1S/C19H32ClN5.HI/c1-16(15-25-12-10-24(3)11-13-25)14-23-19(21-2)22-9-8-17-4-6-18(20)7-5-17;/h4-7,16H,8-15H2,1-3H3,(H2,21,22,23);1H. The van der Waals surface area contributed by atoms with Crippen LogP contribution in [0.25, 0.3) is 0 Å². The van der Waals surface area contributed by atoms with E-state index >= 15 is 0 Å². The molecule has 1 unspecified atom stereocenters. The van der Waals surface area contributed by atoms with Crippen molar-refractivity contribution in [3.8, 4) is 0 Å². The Hall–Kier alpha value is -0.570. The Morgan fingerprint density at radius 2 is 1.81 bits per heavy atom. The van der Waals surface area contributed by atoms with Gasteiger partial charge < -0.3 is 20.4 Å². The summed E-state index contributed by atoms with van der Waals surface area (Å²) in [6.45, 7) is 9.93. The molecule has 1 aliphatic heterocycles. The molecule has 26 heavy (non-hydrogen) atoms. The van der Waals surface area contributed by atoms with Gasteiger partial charge in [-0.2, -0.15) is 0 Å². The topological polar surface area (TPSA) is 42.9 Å². The van der Waals surface area contributed by atoms with Crippen molar-refractivity contribution < 1.29 is 0 Å². The minimum atomic E-state index is 0. The van der Waals surface area contributed by atoms with E-state index in [2.05, 4.69) is 51.5 Å².